The van der Waals surface area contributed by atoms with Gasteiger partial charge in [-0.05, 0) is 19.8 Å². The van der Waals surface area contributed by atoms with Crippen LogP contribution in [0.1, 0.15) is 156 Å². The van der Waals surface area contributed by atoms with Crippen molar-refractivity contribution in [1.29, 1.82) is 0 Å². The van der Waals surface area contributed by atoms with Crippen LogP contribution in [-0.4, -0.2) is 12.1 Å². The summed E-state index contributed by atoms with van der Waals surface area (Å²) in [5.74, 6) is -0.0127. The van der Waals surface area contributed by atoms with Crippen LogP contribution in [0.4, 0.5) is 0 Å². The Morgan fingerprint density at radius 2 is 0.893 bits per heavy atom. The molecule has 0 aliphatic carbocycles. The van der Waals surface area contributed by atoms with Gasteiger partial charge in [0.2, 0.25) is 0 Å². The third-order valence-electron chi connectivity index (χ3n) is 5.89. The van der Waals surface area contributed by atoms with Crippen molar-refractivity contribution in [2.24, 2.45) is 0 Å². The van der Waals surface area contributed by atoms with Gasteiger partial charge >= 0.3 is 5.97 Å². The van der Waals surface area contributed by atoms with E-state index < -0.39 is 0 Å². The lowest BCUT2D eigenvalue weighted by atomic mass is 10.0. The van der Waals surface area contributed by atoms with E-state index >= 15 is 0 Å². The molecule has 0 spiro atoms. The Balaban J connectivity index is 3.09. The van der Waals surface area contributed by atoms with E-state index in [1.54, 1.807) is 0 Å². The molecular weight excluding hydrogens is 344 g/mol. The Morgan fingerprint density at radius 3 is 1.21 bits per heavy atom. The van der Waals surface area contributed by atoms with Crippen LogP contribution in [0, 0.1) is 0 Å². The number of esters is 1. The van der Waals surface area contributed by atoms with Crippen LogP contribution in [0.2, 0.25) is 0 Å². The van der Waals surface area contributed by atoms with Crippen LogP contribution in [0.25, 0.3) is 0 Å². The van der Waals surface area contributed by atoms with Crippen LogP contribution in [0.15, 0.2) is 0 Å². The summed E-state index contributed by atoms with van der Waals surface area (Å²) in [6.07, 6.45) is 27.8. The number of hydrogen-bond donors (Lipinski definition) is 0. The zero-order chi connectivity index (χ0) is 20.7. The molecule has 1 unspecified atom stereocenters. The van der Waals surface area contributed by atoms with Crippen molar-refractivity contribution in [2.45, 2.75) is 162 Å². The van der Waals surface area contributed by atoms with Crippen molar-refractivity contribution in [3.8, 4) is 0 Å². The van der Waals surface area contributed by atoms with Gasteiger partial charge in [0.05, 0.1) is 6.10 Å². The van der Waals surface area contributed by atoms with Gasteiger partial charge < -0.3 is 4.74 Å². The molecule has 0 N–H and O–H groups in total. The predicted molar refractivity (Wildman–Crippen MR) is 124 cm³/mol. The average molecular weight is 397 g/mol. The largest absolute Gasteiger partial charge is 0.463 e. The molecule has 0 radical (unpaired) electrons. The van der Waals surface area contributed by atoms with Crippen LogP contribution in [0.5, 0.6) is 0 Å². The summed E-state index contributed by atoms with van der Waals surface area (Å²) in [4.78, 5) is 11.6. The zero-order valence-electron chi connectivity index (χ0n) is 19.7. The van der Waals surface area contributed by atoms with E-state index in [0.717, 1.165) is 12.8 Å². The molecule has 0 bridgehead atoms. The smallest absolute Gasteiger partial charge is 0.306 e. The summed E-state index contributed by atoms with van der Waals surface area (Å²) >= 11 is 0. The molecule has 0 amide bonds. The number of ether oxygens (including phenoxy) is 1. The van der Waals surface area contributed by atoms with Gasteiger partial charge in [-0.1, -0.05) is 129 Å². The monoisotopic (exact) mass is 396 g/mol. The topological polar surface area (TPSA) is 26.3 Å². The standard InChI is InChI=1S/C26H52O2/c1-4-6-7-8-9-10-11-12-13-14-15-16-17-18-19-20-21-22-23-24-26(27)28-25(3)5-2/h25H,4-24H2,1-3H3. The second-order valence-electron chi connectivity index (χ2n) is 8.82. The third-order valence-corrected chi connectivity index (χ3v) is 5.89. The molecule has 0 saturated heterocycles. The van der Waals surface area contributed by atoms with Gasteiger partial charge in [0.1, 0.15) is 0 Å². The van der Waals surface area contributed by atoms with Gasteiger partial charge in [0.25, 0.3) is 0 Å². The number of carbonyl (C=O) groups is 1. The minimum Gasteiger partial charge on any atom is -0.463 e. The van der Waals surface area contributed by atoms with Crippen LogP contribution >= 0.6 is 0 Å². The minimum absolute atomic E-state index is 0.0127. The first-order valence-electron chi connectivity index (χ1n) is 12.9. The Labute approximate surface area is 177 Å². The highest BCUT2D eigenvalue weighted by molar-refractivity contribution is 5.69. The average Bonchev–Trinajstić information content (AvgIpc) is 2.69. The van der Waals surface area contributed by atoms with Gasteiger partial charge in [-0.3, -0.25) is 4.79 Å². The minimum atomic E-state index is -0.0127. The SMILES string of the molecule is CCCCCCCCCCCCCCCCCCCCCC(=O)OC(C)CC. The summed E-state index contributed by atoms with van der Waals surface area (Å²) in [6.45, 7) is 6.31. The highest BCUT2D eigenvalue weighted by atomic mass is 16.5. The summed E-state index contributed by atoms with van der Waals surface area (Å²) in [6, 6.07) is 0. The van der Waals surface area contributed by atoms with Crippen molar-refractivity contribution < 1.29 is 9.53 Å². The van der Waals surface area contributed by atoms with E-state index in [-0.39, 0.29) is 12.1 Å². The fourth-order valence-corrected chi connectivity index (χ4v) is 3.71. The highest BCUT2D eigenvalue weighted by Gasteiger charge is 2.06. The maximum Gasteiger partial charge on any atom is 0.306 e. The molecule has 168 valence electrons. The van der Waals surface area contributed by atoms with Crippen molar-refractivity contribution >= 4 is 5.97 Å². The Hall–Kier alpha value is -0.530. The molecule has 0 aliphatic rings. The van der Waals surface area contributed by atoms with Crippen molar-refractivity contribution in [3.05, 3.63) is 0 Å². The van der Waals surface area contributed by atoms with E-state index in [1.807, 2.05) is 6.92 Å². The zero-order valence-corrected chi connectivity index (χ0v) is 19.7. The third kappa shape index (κ3) is 21.8. The lowest BCUT2D eigenvalue weighted by Crippen LogP contribution is -2.13. The summed E-state index contributed by atoms with van der Waals surface area (Å²) in [5, 5.41) is 0. The van der Waals surface area contributed by atoms with E-state index in [2.05, 4.69) is 13.8 Å². The van der Waals surface area contributed by atoms with E-state index in [9.17, 15) is 4.79 Å². The van der Waals surface area contributed by atoms with Crippen molar-refractivity contribution in [1.82, 2.24) is 0 Å². The Morgan fingerprint density at radius 1 is 0.571 bits per heavy atom. The van der Waals surface area contributed by atoms with Crippen molar-refractivity contribution in [2.75, 3.05) is 0 Å². The lowest BCUT2D eigenvalue weighted by molar-refractivity contribution is -0.148. The van der Waals surface area contributed by atoms with E-state index in [1.165, 1.54) is 116 Å². The van der Waals surface area contributed by atoms with Gasteiger partial charge in [0.15, 0.2) is 0 Å². The second kappa shape index (κ2) is 22.8. The fraction of sp³-hybridized carbons (Fsp3) is 0.962. The molecule has 0 rings (SSSR count). The highest BCUT2D eigenvalue weighted by Crippen LogP contribution is 2.15. The predicted octanol–water partition coefficient (Wildman–Crippen LogP) is 9.15. The molecule has 0 aromatic heterocycles. The van der Waals surface area contributed by atoms with E-state index in [0.29, 0.717) is 6.42 Å². The fourth-order valence-electron chi connectivity index (χ4n) is 3.71. The maximum absolute atomic E-state index is 11.6. The number of rotatable bonds is 22. The van der Waals surface area contributed by atoms with Gasteiger partial charge in [-0.15, -0.1) is 0 Å². The summed E-state index contributed by atoms with van der Waals surface area (Å²) in [7, 11) is 0. The van der Waals surface area contributed by atoms with Crippen LogP contribution < -0.4 is 0 Å². The van der Waals surface area contributed by atoms with Crippen LogP contribution in [0.3, 0.4) is 0 Å². The van der Waals surface area contributed by atoms with Gasteiger partial charge in [0, 0.05) is 6.42 Å². The maximum atomic E-state index is 11.6. The molecule has 0 heterocycles. The lowest BCUT2D eigenvalue weighted by Gasteiger charge is -2.10. The normalized spacial score (nSPS) is 12.2. The van der Waals surface area contributed by atoms with Gasteiger partial charge in [-0.2, -0.15) is 0 Å². The molecule has 2 nitrogen and oxygen atoms in total. The summed E-state index contributed by atoms with van der Waals surface area (Å²) < 4.78 is 5.30. The first-order valence-corrected chi connectivity index (χ1v) is 12.9. The molecule has 0 fully saturated rings. The molecule has 1 atom stereocenters. The number of hydrogen-bond acceptors (Lipinski definition) is 2. The quantitative estimate of drug-likeness (QED) is 0.135. The summed E-state index contributed by atoms with van der Waals surface area (Å²) in [5.41, 5.74) is 0. The Bertz CT molecular complexity index is 314. The second-order valence-corrected chi connectivity index (χ2v) is 8.82. The van der Waals surface area contributed by atoms with Gasteiger partial charge in [-0.25, -0.2) is 0 Å². The Kier molecular flexibility index (Phi) is 22.3. The number of unbranched alkanes of at least 4 members (excludes halogenated alkanes) is 18. The molecule has 0 aromatic rings. The number of carbonyl (C=O) groups excluding carboxylic acids is 1. The first kappa shape index (κ1) is 27.5. The van der Waals surface area contributed by atoms with E-state index in [4.69, 9.17) is 4.74 Å². The molecule has 28 heavy (non-hydrogen) atoms. The molecule has 0 saturated carbocycles. The molecule has 2 heteroatoms. The van der Waals surface area contributed by atoms with Crippen molar-refractivity contribution in [3.63, 3.8) is 0 Å². The van der Waals surface area contributed by atoms with Crippen LogP contribution in [-0.2, 0) is 9.53 Å². The first-order chi connectivity index (χ1) is 13.7. The molecular formula is C26H52O2. The molecule has 0 aliphatic heterocycles. The molecule has 0 aromatic carbocycles.